The van der Waals surface area contributed by atoms with Crippen LogP contribution < -0.4 is 16.2 Å². The lowest BCUT2D eigenvalue weighted by Crippen LogP contribution is -2.23. The molecule has 0 fully saturated rings. The van der Waals surface area contributed by atoms with Gasteiger partial charge in [0.15, 0.2) is 13.2 Å². The van der Waals surface area contributed by atoms with Crippen molar-refractivity contribution in [3.8, 4) is 5.75 Å². The summed E-state index contributed by atoms with van der Waals surface area (Å²) in [4.78, 5) is 21.4. The molecule has 0 aromatic heterocycles. The number of carbonyl (C=O) groups excluding carboxylic acids is 2. The van der Waals surface area contributed by atoms with Crippen molar-refractivity contribution in [1.29, 1.82) is 0 Å². The average Bonchev–Trinajstić information content (AvgIpc) is 2.25. The summed E-state index contributed by atoms with van der Waals surface area (Å²) in [7, 11) is 0. The van der Waals surface area contributed by atoms with Crippen LogP contribution in [-0.4, -0.2) is 25.1 Å². The van der Waals surface area contributed by atoms with E-state index in [0.717, 1.165) is 0 Å². The maximum atomic E-state index is 11.0. The largest absolute Gasteiger partial charge is 0.480 e. The highest BCUT2D eigenvalue weighted by Crippen LogP contribution is 2.19. The molecule has 0 aliphatic carbocycles. The molecule has 0 saturated heterocycles. The second kappa shape index (κ2) is 5.59. The van der Waals surface area contributed by atoms with Gasteiger partial charge in [0, 0.05) is 0 Å². The highest BCUT2D eigenvalue weighted by atomic mass is 16.6. The molecule has 0 atom stereocenters. The van der Waals surface area contributed by atoms with Gasteiger partial charge in [-0.2, -0.15) is 0 Å². The Labute approximate surface area is 92.1 Å². The van der Waals surface area contributed by atoms with Crippen LogP contribution in [0.4, 0.5) is 5.69 Å². The van der Waals surface area contributed by atoms with E-state index in [4.69, 9.17) is 16.2 Å². The van der Waals surface area contributed by atoms with Gasteiger partial charge in [0.2, 0.25) is 0 Å². The van der Waals surface area contributed by atoms with E-state index in [1.807, 2.05) is 0 Å². The number of primary amides is 1. The molecule has 6 nitrogen and oxygen atoms in total. The number of ether oxygens (including phenoxy) is 2. The number of nitrogen functional groups attached to an aromatic ring is 1. The first-order valence-corrected chi connectivity index (χ1v) is 4.51. The molecular formula is C10H12N2O4. The Morgan fingerprint density at radius 3 is 2.50 bits per heavy atom. The van der Waals surface area contributed by atoms with Gasteiger partial charge in [-0.15, -0.1) is 0 Å². The maximum Gasteiger partial charge on any atom is 0.344 e. The highest BCUT2D eigenvalue weighted by Gasteiger charge is 2.07. The molecule has 16 heavy (non-hydrogen) atoms. The fourth-order valence-electron chi connectivity index (χ4n) is 0.942. The quantitative estimate of drug-likeness (QED) is 0.526. The van der Waals surface area contributed by atoms with Crippen molar-refractivity contribution in [2.75, 3.05) is 18.9 Å². The summed E-state index contributed by atoms with van der Waals surface area (Å²) in [6, 6.07) is 6.73. The zero-order valence-electron chi connectivity index (χ0n) is 8.51. The Morgan fingerprint density at radius 1 is 1.19 bits per heavy atom. The number of para-hydroxylation sites is 2. The summed E-state index contributed by atoms with van der Waals surface area (Å²) in [5.41, 5.74) is 10.8. The second-order valence-corrected chi connectivity index (χ2v) is 2.95. The van der Waals surface area contributed by atoms with Crippen molar-refractivity contribution in [2.24, 2.45) is 5.73 Å². The molecule has 86 valence electrons. The zero-order valence-corrected chi connectivity index (χ0v) is 8.51. The maximum absolute atomic E-state index is 11.0. The number of rotatable bonds is 5. The molecule has 0 unspecified atom stereocenters. The van der Waals surface area contributed by atoms with Gasteiger partial charge < -0.3 is 20.9 Å². The highest BCUT2D eigenvalue weighted by molar-refractivity contribution is 5.79. The van der Waals surface area contributed by atoms with Crippen molar-refractivity contribution >= 4 is 17.6 Å². The molecule has 1 aromatic rings. The summed E-state index contributed by atoms with van der Waals surface area (Å²) < 4.78 is 9.56. The first kappa shape index (κ1) is 11.8. The van der Waals surface area contributed by atoms with Crippen LogP contribution in [-0.2, 0) is 14.3 Å². The molecule has 6 heteroatoms. The van der Waals surface area contributed by atoms with Gasteiger partial charge in [-0.05, 0) is 12.1 Å². The van der Waals surface area contributed by atoms with E-state index < -0.39 is 18.5 Å². The first-order valence-electron chi connectivity index (χ1n) is 4.51. The Balaban J connectivity index is 2.37. The zero-order chi connectivity index (χ0) is 12.0. The normalized spacial score (nSPS) is 9.50. The van der Waals surface area contributed by atoms with Crippen LogP contribution in [0.25, 0.3) is 0 Å². The summed E-state index contributed by atoms with van der Waals surface area (Å²) in [6.45, 7) is -0.770. The van der Waals surface area contributed by atoms with Crippen LogP contribution in [0.5, 0.6) is 5.75 Å². The monoisotopic (exact) mass is 224 g/mol. The van der Waals surface area contributed by atoms with Gasteiger partial charge in [-0.1, -0.05) is 12.1 Å². The Kier molecular flexibility index (Phi) is 4.14. The molecule has 1 rings (SSSR count). The van der Waals surface area contributed by atoms with Crippen LogP contribution in [0, 0.1) is 0 Å². The van der Waals surface area contributed by atoms with Crippen LogP contribution in [0.3, 0.4) is 0 Å². The third-order valence-electron chi connectivity index (χ3n) is 1.64. The lowest BCUT2D eigenvalue weighted by molar-refractivity contribution is -0.149. The third-order valence-corrected chi connectivity index (χ3v) is 1.64. The molecular weight excluding hydrogens is 212 g/mol. The van der Waals surface area contributed by atoms with E-state index >= 15 is 0 Å². The lowest BCUT2D eigenvalue weighted by Gasteiger charge is -2.07. The van der Waals surface area contributed by atoms with Crippen molar-refractivity contribution in [3.05, 3.63) is 24.3 Å². The molecule has 1 aromatic carbocycles. The fourth-order valence-corrected chi connectivity index (χ4v) is 0.942. The minimum atomic E-state index is -0.715. The van der Waals surface area contributed by atoms with Crippen molar-refractivity contribution in [3.63, 3.8) is 0 Å². The minimum absolute atomic E-state index is 0.318. The number of hydrogen-bond acceptors (Lipinski definition) is 5. The Bertz CT molecular complexity index is 392. The van der Waals surface area contributed by atoms with Gasteiger partial charge >= 0.3 is 5.97 Å². The van der Waals surface area contributed by atoms with Crippen molar-refractivity contribution in [1.82, 2.24) is 0 Å². The Morgan fingerprint density at radius 2 is 1.88 bits per heavy atom. The van der Waals surface area contributed by atoms with E-state index in [1.165, 1.54) is 0 Å². The smallest absolute Gasteiger partial charge is 0.344 e. The van der Waals surface area contributed by atoms with Crippen LogP contribution >= 0.6 is 0 Å². The number of esters is 1. The standard InChI is InChI=1S/C10H12N2O4/c11-7-3-1-2-4-8(7)15-6-10(14)16-5-9(12)13/h1-4H,5-6,11H2,(H2,12,13). The molecule has 4 N–H and O–H groups in total. The summed E-state index contributed by atoms with van der Waals surface area (Å²) in [5.74, 6) is -1.01. The van der Waals surface area contributed by atoms with E-state index in [0.29, 0.717) is 11.4 Å². The van der Waals surface area contributed by atoms with Gasteiger partial charge in [0.05, 0.1) is 5.69 Å². The van der Waals surface area contributed by atoms with E-state index in [2.05, 4.69) is 4.74 Å². The number of benzene rings is 1. The predicted octanol–water partition coefficient (Wildman–Crippen LogP) is -0.324. The number of hydrogen-bond donors (Lipinski definition) is 2. The van der Waals surface area contributed by atoms with E-state index in [-0.39, 0.29) is 6.61 Å². The number of carbonyl (C=O) groups is 2. The Hall–Kier alpha value is -2.24. The summed E-state index contributed by atoms with van der Waals surface area (Å²) in [6.07, 6.45) is 0. The average molecular weight is 224 g/mol. The number of nitrogens with two attached hydrogens (primary N) is 2. The molecule has 0 spiro atoms. The molecule has 0 aliphatic heterocycles. The lowest BCUT2D eigenvalue weighted by atomic mass is 10.3. The number of anilines is 1. The van der Waals surface area contributed by atoms with Crippen molar-refractivity contribution < 1.29 is 19.1 Å². The van der Waals surface area contributed by atoms with E-state index in [1.54, 1.807) is 24.3 Å². The van der Waals surface area contributed by atoms with Gasteiger partial charge in [-0.3, -0.25) is 4.79 Å². The van der Waals surface area contributed by atoms with Crippen LogP contribution in [0.15, 0.2) is 24.3 Å². The third kappa shape index (κ3) is 3.87. The van der Waals surface area contributed by atoms with Gasteiger partial charge in [-0.25, -0.2) is 4.79 Å². The van der Waals surface area contributed by atoms with Crippen molar-refractivity contribution in [2.45, 2.75) is 0 Å². The minimum Gasteiger partial charge on any atom is -0.480 e. The molecule has 0 heterocycles. The predicted molar refractivity (Wildman–Crippen MR) is 56.5 cm³/mol. The summed E-state index contributed by atoms with van der Waals surface area (Å²) in [5, 5.41) is 0. The molecule has 0 radical (unpaired) electrons. The van der Waals surface area contributed by atoms with Crippen LogP contribution in [0.1, 0.15) is 0 Å². The van der Waals surface area contributed by atoms with Crippen LogP contribution in [0.2, 0.25) is 0 Å². The summed E-state index contributed by atoms with van der Waals surface area (Å²) >= 11 is 0. The SMILES string of the molecule is NC(=O)COC(=O)COc1ccccc1N. The molecule has 1 amide bonds. The molecule has 0 aliphatic rings. The topological polar surface area (TPSA) is 105 Å². The fraction of sp³-hybridized carbons (Fsp3) is 0.200. The van der Waals surface area contributed by atoms with E-state index in [9.17, 15) is 9.59 Å². The first-order chi connectivity index (χ1) is 7.59. The number of amides is 1. The molecule has 0 bridgehead atoms. The second-order valence-electron chi connectivity index (χ2n) is 2.95. The molecule has 0 saturated carbocycles. The van der Waals surface area contributed by atoms with Gasteiger partial charge in [0.25, 0.3) is 5.91 Å². The van der Waals surface area contributed by atoms with Gasteiger partial charge in [0.1, 0.15) is 5.75 Å².